The zero-order chi connectivity index (χ0) is 11.2. The normalized spacial score (nSPS) is 10.2. The standard InChI is InChI=1S/C13H15N3/c1-2-3-4-7-10-14-13-15-11-8-5-6-9-12(11)16-13/h1,5-6,8-9H,3-4,7,10H2,(H2,14,15,16). The summed E-state index contributed by atoms with van der Waals surface area (Å²) in [5.74, 6) is 3.47. The maximum absolute atomic E-state index is 5.18. The van der Waals surface area contributed by atoms with Gasteiger partial charge in [-0.3, -0.25) is 0 Å². The number of anilines is 1. The summed E-state index contributed by atoms with van der Waals surface area (Å²) in [5.41, 5.74) is 2.06. The Morgan fingerprint density at radius 2 is 2.19 bits per heavy atom. The first kappa shape index (κ1) is 10.6. The van der Waals surface area contributed by atoms with E-state index in [0.717, 1.165) is 42.8 Å². The van der Waals surface area contributed by atoms with Gasteiger partial charge in [0.2, 0.25) is 5.95 Å². The smallest absolute Gasteiger partial charge is 0.201 e. The van der Waals surface area contributed by atoms with Gasteiger partial charge in [0.1, 0.15) is 0 Å². The minimum absolute atomic E-state index is 0.835. The highest BCUT2D eigenvalue weighted by atomic mass is 15.1. The average molecular weight is 213 g/mol. The van der Waals surface area contributed by atoms with Crippen LogP contribution in [0.25, 0.3) is 11.0 Å². The number of fused-ring (bicyclic) bond motifs is 1. The van der Waals surface area contributed by atoms with Crippen molar-refractivity contribution in [2.45, 2.75) is 19.3 Å². The Hall–Kier alpha value is -1.95. The number of nitrogens with one attached hydrogen (secondary N) is 2. The van der Waals surface area contributed by atoms with Crippen molar-refractivity contribution in [3.05, 3.63) is 24.3 Å². The molecule has 0 amide bonds. The number of terminal acetylenes is 1. The van der Waals surface area contributed by atoms with Gasteiger partial charge in [-0.15, -0.1) is 12.3 Å². The fourth-order valence-corrected chi connectivity index (χ4v) is 1.60. The van der Waals surface area contributed by atoms with Crippen LogP contribution in [0.1, 0.15) is 19.3 Å². The second kappa shape index (κ2) is 5.22. The van der Waals surface area contributed by atoms with Crippen LogP contribution in [0, 0.1) is 12.3 Å². The highest BCUT2D eigenvalue weighted by Gasteiger charge is 1.99. The topological polar surface area (TPSA) is 40.7 Å². The largest absolute Gasteiger partial charge is 0.356 e. The van der Waals surface area contributed by atoms with Crippen molar-refractivity contribution >= 4 is 17.0 Å². The molecule has 1 aromatic carbocycles. The van der Waals surface area contributed by atoms with Gasteiger partial charge in [-0.2, -0.15) is 0 Å². The van der Waals surface area contributed by atoms with E-state index < -0.39 is 0 Å². The number of nitrogens with zero attached hydrogens (tertiary/aromatic N) is 1. The molecule has 2 rings (SSSR count). The molecule has 0 unspecified atom stereocenters. The van der Waals surface area contributed by atoms with Crippen LogP contribution < -0.4 is 5.32 Å². The van der Waals surface area contributed by atoms with Crippen LogP contribution in [0.2, 0.25) is 0 Å². The first-order chi connectivity index (χ1) is 7.90. The Labute approximate surface area is 95.3 Å². The monoisotopic (exact) mass is 213 g/mol. The lowest BCUT2D eigenvalue weighted by molar-refractivity contribution is 0.786. The van der Waals surface area contributed by atoms with Gasteiger partial charge in [0.15, 0.2) is 0 Å². The third kappa shape index (κ3) is 2.54. The molecule has 0 bridgehead atoms. The van der Waals surface area contributed by atoms with Crippen LogP contribution in [0.5, 0.6) is 0 Å². The number of unbranched alkanes of at least 4 members (excludes halogenated alkanes) is 2. The van der Waals surface area contributed by atoms with E-state index in [2.05, 4.69) is 21.2 Å². The van der Waals surface area contributed by atoms with E-state index in [1.807, 2.05) is 24.3 Å². The minimum atomic E-state index is 0.835. The van der Waals surface area contributed by atoms with Crippen LogP contribution in [-0.4, -0.2) is 16.5 Å². The molecule has 2 aromatic rings. The molecule has 0 radical (unpaired) electrons. The Morgan fingerprint density at radius 3 is 3.00 bits per heavy atom. The lowest BCUT2D eigenvalue weighted by Gasteiger charge is -2.00. The molecule has 2 N–H and O–H groups in total. The molecule has 0 aliphatic rings. The summed E-state index contributed by atoms with van der Waals surface area (Å²) in [6, 6.07) is 8.00. The number of benzene rings is 1. The third-order valence-electron chi connectivity index (χ3n) is 2.43. The van der Waals surface area contributed by atoms with Gasteiger partial charge in [-0.1, -0.05) is 12.1 Å². The molecule has 82 valence electrons. The summed E-state index contributed by atoms with van der Waals surface area (Å²) >= 11 is 0. The summed E-state index contributed by atoms with van der Waals surface area (Å²) in [4.78, 5) is 7.65. The predicted octanol–water partition coefficient (Wildman–Crippen LogP) is 2.78. The number of hydrogen-bond donors (Lipinski definition) is 2. The molecule has 1 heterocycles. The average Bonchev–Trinajstić information content (AvgIpc) is 2.71. The zero-order valence-corrected chi connectivity index (χ0v) is 9.16. The predicted molar refractivity (Wildman–Crippen MR) is 67.3 cm³/mol. The first-order valence-electron chi connectivity index (χ1n) is 5.52. The number of H-pyrrole nitrogens is 1. The summed E-state index contributed by atoms with van der Waals surface area (Å²) < 4.78 is 0. The van der Waals surface area contributed by atoms with Crippen molar-refractivity contribution in [3.8, 4) is 12.3 Å². The Balaban J connectivity index is 1.88. The van der Waals surface area contributed by atoms with Crippen molar-refractivity contribution in [1.29, 1.82) is 0 Å². The van der Waals surface area contributed by atoms with E-state index in [1.165, 1.54) is 0 Å². The highest BCUT2D eigenvalue weighted by molar-refractivity contribution is 5.77. The lowest BCUT2D eigenvalue weighted by Crippen LogP contribution is -2.02. The van der Waals surface area contributed by atoms with Gasteiger partial charge < -0.3 is 10.3 Å². The lowest BCUT2D eigenvalue weighted by atomic mass is 10.2. The summed E-state index contributed by atoms with van der Waals surface area (Å²) in [6.07, 6.45) is 8.16. The number of aromatic nitrogens is 2. The fourth-order valence-electron chi connectivity index (χ4n) is 1.60. The molecule has 16 heavy (non-hydrogen) atoms. The summed E-state index contributed by atoms with van der Waals surface area (Å²) in [5, 5.41) is 3.26. The van der Waals surface area contributed by atoms with Gasteiger partial charge >= 0.3 is 0 Å². The Bertz CT molecular complexity index is 460. The van der Waals surface area contributed by atoms with Crippen molar-refractivity contribution < 1.29 is 0 Å². The van der Waals surface area contributed by atoms with Crippen LogP contribution in [0.4, 0.5) is 5.95 Å². The fraction of sp³-hybridized carbons (Fsp3) is 0.308. The molecule has 0 spiro atoms. The molecular weight excluding hydrogens is 198 g/mol. The number of imidazole rings is 1. The van der Waals surface area contributed by atoms with E-state index in [0.29, 0.717) is 0 Å². The molecular formula is C13H15N3. The quantitative estimate of drug-likeness (QED) is 0.592. The number of rotatable bonds is 5. The van der Waals surface area contributed by atoms with Crippen molar-refractivity contribution in [3.63, 3.8) is 0 Å². The number of para-hydroxylation sites is 2. The molecule has 3 nitrogen and oxygen atoms in total. The number of aromatic amines is 1. The Morgan fingerprint density at radius 1 is 1.31 bits per heavy atom. The third-order valence-corrected chi connectivity index (χ3v) is 2.43. The van der Waals surface area contributed by atoms with Crippen LogP contribution in [0.15, 0.2) is 24.3 Å². The maximum atomic E-state index is 5.18. The van der Waals surface area contributed by atoms with Gasteiger partial charge in [0, 0.05) is 13.0 Å². The molecule has 3 heteroatoms. The van der Waals surface area contributed by atoms with E-state index >= 15 is 0 Å². The molecule has 0 aliphatic heterocycles. The van der Waals surface area contributed by atoms with E-state index in [-0.39, 0.29) is 0 Å². The second-order valence-corrected chi connectivity index (χ2v) is 3.69. The summed E-state index contributed by atoms with van der Waals surface area (Å²) in [6.45, 7) is 0.904. The molecule has 0 atom stereocenters. The second-order valence-electron chi connectivity index (χ2n) is 3.69. The van der Waals surface area contributed by atoms with Gasteiger partial charge in [-0.25, -0.2) is 4.98 Å². The van der Waals surface area contributed by atoms with Crippen molar-refractivity contribution in [2.75, 3.05) is 11.9 Å². The van der Waals surface area contributed by atoms with Gasteiger partial charge in [0.25, 0.3) is 0 Å². The van der Waals surface area contributed by atoms with E-state index in [4.69, 9.17) is 6.42 Å². The molecule has 1 aromatic heterocycles. The van der Waals surface area contributed by atoms with Crippen molar-refractivity contribution in [1.82, 2.24) is 9.97 Å². The zero-order valence-electron chi connectivity index (χ0n) is 9.16. The van der Waals surface area contributed by atoms with Gasteiger partial charge in [-0.05, 0) is 25.0 Å². The van der Waals surface area contributed by atoms with Crippen molar-refractivity contribution in [2.24, 2.45) is 0 Å². The molecule has 0 saturated carbocycles. The molecule has 0 saturated heterocycles. The summed E-state index contributed by atoms with van der Waals surface area (Å²) in [7, 11) is 0. The van der Waals surface area contributed by atoms with Crippen LogP contribution >= 0.6 is 0 Å². The van der Waals surface area contributed by atoms with Crippen LogP contribution in [0.3, 0.4) is 0 Å². The molecule has 0 aliphatic carbocycles. The first-order valence-corrected chi connectivity index (χ1v) is 5.52. The minimum Gasteiger partial charge on any atom is -0.356 e. The number of hydrogen-bond acceptors (Lipinski definition) is 2. The van der Waals surface area contributed by atoms with E-state index in [9.17, 15) is 0 Å². The molecule has 0 fully saturated rings. The Kier molecular flexibility index (Phi) is 3.45. The van der Waals surface area contributed by atoms with Gasteiger partial charge in [0.05, 0.1) is 11.0 Å². The van der Waals surface area contributed by atoms with E-state index in [1.54, 1.807) is 0 Å². The highest BCUT2D eigenvalue weighted by Crippen LogP contribution is 2.13. The maximum Gasteiger partial charge on any atom is 0.201 e. The SMILES string of the molecule is C#CCCCCNc1nc2ccccc2[nH]1. The van der Waals surface area contributed by atoms with Crippen LogP contribution in [-0.2, 0) is 0 Å².